The van der Waals surface area contributed by atoms with Crippen LogP contribution in [-0.4, -0.2) is 29.9 Å². The molecule has 0 fully saturated rings. The largest absolute Gasteiger partial charge is 0.491 e. The summed E-state index contributed by atoms with van der Waals surface area (Å²) >= 11 is 1.42. The molecule has 2 aromatic rings. The van der Waals surface area contributed by atoms with Gasteiger partial charge in [0, 0.05) is 6.07 Å². The maximum absolute atomic E-state index is 10.1. The summed E-state index contributed by atoms with van der Waals surface area (Å²) in [5.74, 6) is 0.996. The molecule has 0 spiro atoms. The molecule has 0 saturated heterocycles. The summed E-state index contributed by atoms with van der Waals surface area (Å²) in [5.41, 5.74) is 0.331. The van der Waals surface area contributed by atoms with E-state index in [0.29, 0.717) is 16.5 Å². The highest BCUT2D eigenvalue weighted by molar-refractivity contribution is 7.19. The number of rotatable bonds is 4. The molecule has 0 aliphatic heterocycles. The lowest BCUT2D eigenvalue weighted by atomic mass is 10.2. The molecule has 0 amide bonds. The number of thiophene rings is 1. The van der Waals surface area contributed by atoms with Crippen LogP contribution in [0, 0.1) is 0 Å². The highest BCUT2D eigenvalue weighted by Crippen LogP contribution is 2.36. The van der Waals surface area contributed by atoms with E-state index in [4.69, 9.17) is 14.2 Å². The summed E-state index contributed by atoms with van der Waals surface area (Å²) in [6.45, 7) is 5.69. The number of aliphatic hydroxyl groups is 1. The number of aliphatic hydroxyl groups excluding tert-OH is 1. The van der Waals surface area contributed by atoms with Crippen LogP contribution in [0.2, 0.25) is 0 Å². The van der Waals surface area contributed by atoms with Gasteiger partial charge in [-0.3, -0.25) is 0 Å². The fourth-order valence-corrected chi connectivity index (χ4v) is 2.71. The average molecular weight is 297 g/mol. The number of pyridine rings is 1. The maximum atomic E-state index is 10.1. The molecule has 2 aromatic heterocycles. The fourth-order valence-electron chi connectivity index (χ4n) is 1.76. The summed E-state index contributed by atoms with van der Waals surface area (Å²) in [6.07, 6.45) is -0.966. The number of nitrogens with zero attached hydrogens (tertiary/aromatic N) is 1. The van der Waals surface area contributed by atoms with E-state index < -0.39 is 11.9 Å². The van der Waals surface area contributed by atoms with Gasteiger partial charge in [-0.1, -0.05) is 0 Å². The first-order valence-electron chi connectivity index (χ1n) is 6.22. The molecule has 6 heteroatoms. The van der Waals surface area contributed by atoms with Gasteiger partial charge in [-0.25, -0.2) is 4.98 Å². The molecule has 5 nitrogen and oxygen atoms in total. The third-order valence-corrected chi connectivity index (χ3v) is 3.68. The van der Waals surface area contributed by atoms with E-state index in [-0.39, 0.29) is 0 Å². The Morgan fingerprint density at radius 1 is 1.20 bits per heavy atom. The van der Waals surface area contributed by atoms with Crippen molar-refractivity contribution in [2.45, 2.75) is 32.7 Å². The monoisotopic (exact) mass is 297 g/mol. The molecule has 1 atom stereocenters. The Morgan fingerprint density at radius 2 is 1.90 bits per heavy atom. The number of hydrogen-bond donors (Lipinski definition) is 1. The summed E-state index contributed by atoms with van der Waals surface area (Å²) in [5, 5.41) is 10.1. The Morgan fingerprint density at radius 3 is 2.45 bits per heavy atom. The van der Waals surface area contributed by atoms with Crippen LogP contribution in [0.4, 0.5) is 0 Å². The minimum atomic E-state index is -0.966. The first-order chi connectivity index (χ1) is 9.34. The first kappa shape index (κ1) is 15.0. The van der Waals surface area contributed by atoms with Gasteiger partial charge in [-0.2, -0.15) is 0 Å². The molecule has 0 aliphatic rings. The van der Waals surface area contributed by atoms with Crippen molar-refractivity contribution in [3.8, 4) is 11.6 Å². The zero-order valence-electron chi connectivity index (χ0n) is 12.3. The maximum Gasteiger partial charge on any atom is 0.257 e. The lowest BCUT2D eigenvalue weighted by molar-refractivity contribution is -0.167. The number of hydrogen-bond acceptors (Lipinski definition) is 6. The molecule has 0 aliphatic carbocycles. The van der Waals surface area contributed by atoms with Crippen molar-refractivity contribution in [1.29, 1.82) is 0 Å². The zero-order chi connectivity index (χ0) is 14.9. The van der Waals surface area contributed by atoms with Gasteiger partial charge in [-0.15, -0.1) is 11.3 Å². The van der Waals surface area contributed by atoms with Crippen LogP contribution >= 0.6 is 11.3 Å². The van der Waals surface area contributed by atoms with Gasteiger partial charge in [0.2, 0.25) is 0 Å². The van der Waals surface area contributed by atoms with E-state index in [9.17, 15) is 5.11 Å². The van der Waals surface area contributed by atoms with E-state index >= 15 is 0 Å². The third kappa shape index (κ3) is 3.20. The van der Waals surface area contributed by atoms with Crippen LogP contribution in [0.1, 0.15) is 31.9 Å². The van der Waals surface area contributed by atoms with Crippen LogP contribution in [0.3, 0.4) is 0 Å². The van der Waals surface area contributed by atoms with Crippen molar-refractivity contribution in [3.05, 3.63) is 17.0 Å². The number of fused-ring (bicyclic) bond motifs is 1. The van der Waals surface area contributed by atoms with Crippen molar-refractivity contribution in [1.82, 2.24) is 4.98 Å². The second-order valence-electron chi connectivity index (χ2n) is 5.31. The molecule has 1 N–H and O–H groups in total. The van der Waals surface area contributed by atoms with Crippen LogP contribution < -0.4 is 9.47 Å². The van der Waals surface area contributed by atoms with Crippen molar-refractivity contribution in [3.63, 3.8) is 0 Å². The standard InChI is InChI=1S/C14H19NO4S/c1-14(2,3)19-13(16)11-6-8-10(20-11)7-9(17-4)12(15-8)18-5/h6-7,13,16H,1-5H3. The molecule has 1 unspecified atom stereocenters. The predicted octanol–water partition coefficient (Wildman–Crippen LogP) is 3.12. The normalized spacial score (nSPS) is 13.5. The van der Waals surface area contributed by atoms with Crippen molar-refractivity contribution >= 4 is 21.6 Å². The van der Waals surface area contributed by atoms with Crippen LogP contribution in [-0.2, 0) is 4.74 Å². The lowest BCUT2D eigenvalue weighted by Crippen LogP contribution is -2.21. The second kappa shape index (κ2) is 5.55. The number of methoxy groups -OCH3 is 2. The lowest BCUT2D eigenvalue weighted by Gasteiger charge is -2.23. The van der Waals surface area contributed by atoms with E-state index in [1.165, 1.54) is 11.3 Å². The van der Waals surface area contributed by atoms with Crippen molar-refractivity contribution in [2.24, 2.45) is 0 Å². The smallest absolute Gasteiger partial charge is 0.257 e. The van der Waals surface area contributed by atoms with Crippen LogP contribution in [0.15, 0.2) is 12.1 Å². The molecular weight excluding hydrogens is 278 g/mol. The molecule has 2 rings (SSSR count). The number of ether oxygens (including phenoxy) is 3. The van der Waals surface area contributed by atoms with E-state index in [1.54, 1.807) is 20.3 Å². The van der Waals surface area contributed by atoms with Gasteiger partial charge in [0.1, 0.15) is 0 Å². The molecular formula is C14H19NO4S. The van der Waals surface area contributed by atoms with Crippen LogP contribution in [0.5, 0.6) is 11.6 Å². The Kier molecular flexibility index (Phi) is 4.17. The van der Waals surface area contributed by atoms with Gasteiger partial charge in [0.15, 0.2) is 12.0 Å². The summed E-state index contributed by atoms with van der Waals surface area (Å²) < 4.78 is 16.8. The van der Waals surface area contributed by atoms with Gasteiger partial charge < -0.3 is 19.3 Å². The van der Waals surface area contributed by atoms with E-state index in [2.05, 4.69) is 4.98 Å². The topological polar surface area (TPSA) is 60.8 Å². The quantitative estimate of drug-likeness (QED) is 0.879. The van der Waals surface area contributed by atoms with Gasteiger partial charge >= 0.3 is 0 Å². The van der Waals surface area contributed by atoms with Crippen molar-refractivity contribution in [2.75, 3.05) is 14.2 Å². The highest BCUT2D eigenvalue weighted by Gasteiger charge is 2.21. The van der Waals surface area contributed by atoms with Gasteiger partial charge in [0.05, 0.1) is 34.9 Å². The van der Waals surface area contributed by atoms with Gasteiger partial charge in [0.25, 0.3) is 5.88 Å². The predicted molar refractivity (Wildman–Crippen MR) is 78.5 cm³/mol. The Balaban J connectivity index is 2.38. The van der Waals surface area contributed by atoms with E-state index in [0.717, 1.165) is 10.2 Å². The highest BCUT2D eigenvalue weighted by atomic mass is 32.1. The summed E-state index contributed by atoms with van der Waals surface area (Å²) in [4.78, 5) is 5.07. The fraction of sp³-hybridized carbons (Fsp3) is 0.500. The molecule has 20 heavy (non-hydrogen) atoms. The first-order valence-corrected chi connectivity index (χ1v) is 7.04. The average Bonchev–Trinajstić information content (AvgIpc) is 2.77. The molecule has 2 heterocycles. The molecule has 0 aromatic carbocycles. The minimum absolute atomic E-state index is 0.418. The minimum Gasteiger partial charge on any atom is -0.491 e. The Hall–Kier alpha value is -1.37. The van der Waals surface area contributed by atoms with Gasteiger partial charge in [-0.05, 0) is 26.8 Å². The molecule has 0 radical (unpaired) electrons. The molecule has 110 valence electrons. The van der Waals surface area contributed by atoms with Crippen molar-refractivity contribution < 1.29 is 19.3 Å². The summed E-state index contributed by atoms with van der Waals surface area (Å²) in [6, 6.07) is 3.65. The second-order valence-corrected chi connectivity index (χ2v) is 6.43. The Bertz CT molecular complexity index is 562. The Labute approximate surface area is 122 Å². The van der Waals surface area contributed by atoms with Crippen LogP contribution in [0.25, 0.3) is 10.2 Å². The number of aromatic nitrogens is 1. The molecule has 0 saturated carbocycles. The van der Waals surface area contributed by atoms with E-state index in [1.807, 2.05) is 26.8 Å². The third-order valence-electron chi connectivity index (χ3n) is 2.58. The summed E-state index contributed by atoms with van der Waals surface area (Å²) in [7, 11) is 3.11. The SMILES string of the molecule is COc1cc2sc(C(O)OC(C)(C)C)cc2nc1OC. The zero-order valence-corrected chi connectivity index (χ0v) is 13.1. The molecule has 0 bridgehead atoms.